The van der Waals surface area contributed by atoms with Crippen LogP contribution in [0.2, 0.25) is 0 Å². The molecular weight excluding hydrogens is 284 g/mol. The summed E-state index contributed by atoms with van der Waals surface area (Å²) in [6.45, 7) is 4.81. The van der Waals surface area contributed by atoms with Crippen molar-refractivity contribution < 1.29 is 4.74 Å². The van der Waals surface area contributed by atoms with Crippen LogP contribution in [-0.2, 0) is 4.74 Å². The quantitative estimate of drug-likeness (QED) is 0.589. The molecule has 0 aromatic heterocycles. The fourth-order valence-corrected chi connectivity index (χ4v) is 4.52. The Morgan fingerprint density at radius 3 is 2.57 bits per heavy atom. The standard InChI is InChI=1S/C15H30N4OS/c1-14(6-5-8-20-14)10-17-13(16-2)18-11-15(19(3)4)7-9-21-12-15/h5-12H2,1-4H3,(H2,16,17,18). The molecule has 0 aromatic carbocycles. The number of nitrogens with zero attached hydrogens (tertiary/aromatic N) is 2. The molecule has 2 rings (SSSR count). The Hall–Kier alpha value is -0.460. The molecule has 0 aromatic rings. The SMILES string of the molecule is CN=C(NCC1(C)CCCO1)NCC1(N(C)C)CCSC1. The van der Waals surface area contributed by atoms with Crippen LogP contribution in [0.3, 0.4) is 0 Å². The highest BCUT2D eigenvalue weighted by Gasteiger charge is 2.36. The normalized spacial score (nSPS) is 33.7. The first-order valence-corrected chi connectivity index (χ1v) is 8.99. The van der Waals surface area contributed by atoms with Crippen LogP contribution < -0.4 is 10.6 Å². The van der Waals surface area contributed by atoms with Crippen molar-refractivity contribution in [2.45, 2.75) is 37.3 Å². The average molecular weight is 314 g/mol. The minimum Gasteiger partial charge on any atom is -0.373 e. The maximum Gasteiger partial charge on any atom is 0.191 e. The fraction of sp³-hybridized carbons (Fsp3) is 0.933. The zero-order valence-corrected chi connectivity index (χ0v) is 14.7. The van der Waals surface area contributed by atoms with Gasteiger partial charge in [0.15, 0.2) is 5.96 Å². The van der Waals surface area contributed by atoms with Gasteiger partial charge in [-0.2, -0.15) is 11.8 Å². The van der Waals surface area contributed by atoms with E-state index in [0.717, 1.165) is 38.5 Å². The number of thioether (sulfide) groups is 1. The molecule has 0 saturated carbocycles. The Morgan fingerprint density at radius 1 is 1.29 bits per heavy atom. The molecular formula is C15H30N4OS. The number of hydrogen-bond acceptors (Lipinski definition) is 4. The topological polar surface area (TPSA) is 48.9 Å². The predicted octanol–water partition coefficient (Wildman–Crippen LogP) is 1.16. The molecule has 2 heterocycles. The van der Waals surface area contributed by atoms with Crippen LogP contribution in [0.25, 0.3) is 0 Å². The van der Waals surface area contributed by atoms with E-state index in [2.05, 4.69) is 41.5 Å². The number of aliphatic imine (C=N–C) groups is 1. The molecule has 2 N–H and O–H groups in total. The van der Waals surface area contributed by atoms with Gasteiger partial charge in [0.2, 0.25) is 0 Å². The van der Waals surface area contributed by atoms with E-state index < -0.39 is 0 Å². The van der Waals surface area contributed by atoms with Crippen molar-refractivity contribution in [3.8, 4) is 0 Å². The molecule has 6 heteroatoms. The summed E-state index contributed by atoms with van der Waals surface area (Å²) in [5.74, 6) is 3.31. The molecule has 2 unspecified atom stereocenters. The van der Waals surface area contributed by atoms with Crippen LogP contribution in [0.15, 0.2) is 4.99 Å². The van der Waals surface area contributed by atoms with Crippen LogP contribution in [0.5, 0.6) is 0 Å². The third kappa shape index (κ3) is 4.27. The molecule has 21 heavy (non-hydrogen) atoms. The average Bonchev–Trinajstić information content (AvgIpc) is 3.09. The second kappa shape index (κ2) is 7.20. The molecule has 2 fully saturated rings. The third-order valence-electron chi connectivity index (χ3n) is 4.77. The van der Waals surface area contributed by atoms with E-state index in [1.165, 1.54) is 17.9 Å². The molecule has 0 aliphatic carbocycles. The number of nitrogens with one attached hydrogen (secondary N) is 2. The summed E-state index contributed by atoms with van der Waals surface area (Å²) in [5.41, 5.74) is 0.204. The van der Waals surface area contributed by atoms with E-state index in [4.69, 9.17) is 4.74 Å². The monoisotopic (exact) mass is 314 g/mol. The zero-order valence-electron chi connectivity index (χ0n) is 13.9. The first-order chi connectivity index (χ1) is 10.00. The number of likely N-dealkylation sites (N-methyl/N-ethyl adjacent to an activating group) is 1. The van der Waals surface area contributed by atoms with Crippen molar-refractivity contribution in [3.05, 3.63) is 0 Å². The van der Waals surface area contributed by atoms with Crippen LogP contribution in [0.4, 0.5) is 0 Å². The van der Waals surface area contributed by atoms with Crippen molar-refractivity contribution >= 4 is 17.7 Å². The van der Waals surface area contributed by atoms with Gasteiger partial charge in [-0.1, -0.05) is 0 Å². The van der Waals surface area contributed by atoms with Gasteiger partial charge in [-0.25, -0.2) is 0 Å². The molecule has 5 nitrogen and oxygen atoms in total. The highest BCUT2D eigenvalue weighted by molar-refractivity contribution is 7.99. The first-order valence-electron chi connectivity index (χ1n) is 7.83. The Balaban J connectivity index is 1.82. The van der Waals surface area contributed by atoms with Gasteiger partial charge in [0.1, 0.15) is 0 Å². The number of hydrogen-bond donors (Lipinski definition) is 2. The van der Waals surface area contributed by atoms with Gasteiger partial charge in [-0.15, -0.1) is 0 Å². The lowest BCUT2D eigenvalue weighted by molar-refractivity contribution is 0.0242. The van der Waals surface area contributed by atoms with Gasteiger partial charge in [0.05, 0.1) is 5.60 Å². The lowest BCUT2D eigenvalue weighted by Gasteiger charge is -2.36. The summed E-state index contributed by atoms with van der Waals surface area (Å²) >= 11 is 2.04. The second-order valence-electron chi connectivity index (χ2n) is 6.60. The van der Waals surface area contributed by atoms with Gasteiger partial charge >= 0.3 is 0 Å². The molecule has 0 spiro atoms. The number of rotatable bonds is 5. The van der Waals surface area contributed by atoms with E-state index in [-0.39, 0.29) is 11.1 Å². The van der Waals surface area contributed by atoms with Crippen LogP contribution in [0, 0.1) is 0 Å². The molecule has 0 amide bonds. The molecule has 2 aliphatic rings. The minimum atomic E-state index is -0.0416. The maximum absolute atomic E-state index is 5.81. The molecule has 2 atom stereocenters. The Kier molecular flexibility index (Phi) is 5.80. The number of guanidine groups is 1. The van der Waals surface area contributed by atoms with Crippen molar-refractivity contribution in [2.24, 2.45) is 4.99 Å². The predicted molar refractivity (Wildman–Crippen MR) is 91.3 cm³/mol. The molecule has 0 bridgehead atoms. The highest BCUT2D eigenvalue weighted by atomic mass is 32.2. The van der Waals surface area contributed by atoms with Gasteiger partial charge in [0.25, 0.3) is 0 Å². The lowest BCUT2D eigenvalue weighted by Crippen LogP contribution is -2.55. The van der Waals surface area contributed by atoms with E-state index in [0.29, 0.717) is 0 Å². The Bertz CT molecular complexity index is 361. The Labute approximate surface area is 133 Å². The molecule has 2 aliphatic heterocycles. The Morgan fingerprint density at radius 2 is 2.05 bits per heavy atom. The van der Waals surface area contributed by atoms with Gasteiger partial charge in [0, 0.05) is 38.0 Å². The third-order valence-corrected chi connectivity index (χ3v) is 6.00. The summed E-state index contributed by atoms with van der Waals surface area (Å²) in [7, 11) is 6.19. The summed E-state index contributed by atoms with van der Waals surface area (Å²) in [4.78, 5) is 6.70. The summed E-state index contributed by atoms with van der Waals surface area (Å²) in [5, 5.41) is 6.92. The molecule has 2 saturated heterocycles. The highest BCUT2D eigenvalue weighted by Crippen LogP contribution is 2.31. The fourth-order valence-electron chi connectivity index (χ4n) is 2.96. The summed E-state index contributed by atoms with van der Waals surface area (Å²) in [6.07, 6.45) is 3.51. The van der Waals surface area contributed by atoms with Gasteiger partial charge < -0.3 is 20.3 Å². The largest absolute Gasteiger partial charge is 0.373 e. The van der Waals surface area contributed by atoms with Crippen molar-refractivity contribution in [1.82, 2.24) is 15.5 Å². The van der Waals surface area contributed by atoms with Crippen LogP contribution >= 0.6 is 11.8 Å². The van der Waals surface area contributed by atoms with Crippen LogP contribution in [0.1, 0.15) is 26.2 Å². The number of ether oxygens (including phenoxy) is 1. The van der Waals surface area contributed by atoms with Crippen molar-refractivity contribution in [1.29, 1.82) is 0 Å². The first kappa shape index (κ1) is 16.9. The molecule has 122 valence electrons. The van der Waals surface area contributed by atoms with Gasteiger partial charge in [-0.3, -0.25) is 4.99 Å². The zero-order chi connectivity index (χ0) is 15.3. The van der Waals surface area contributed by atoms with Crippen LogP contribution in [-0.4, -0.2) is 74.3 Å². The summed E-state index contributed by atoms with van der Waals surface area (Å²) in [6, 6.07) is 0. The van der Waals surface area contributed by atoms with Gasteiger partial charge in [-0.05, 0) is 46.0 Å². The van der Waals surface area contributed by atoms with E-state index in [1.807, 2.05) is 18.8 Å². The smallest absolute Gasteiger partial charge is 0.191 e. The molecule has 0 radical (unpaired) electrons. The lowest BCUT2D eigenvalue weighted by atomic mass is 9.97. The van der Waals surface area contributed by atoms with E-state index in [9.17, 15) is 0 Å². The second-order valence-corrected chi connectivity index (χ2v) is 7.71. The van der Waals surface area contributed by atoms with E-state index in [1.54, 1.807) is 0 Å². The van der Waals surface area contributed by atoms with E-state index >= 15 is 0 Å². The minimum absolute atomic E-state index is 0.0416. The summed E-state index contributed by atoms with van der Waals surface area (Å²) < 4.78 is 5.81. The van der Waals surface area contributed by atoms with Crippen molar-refractivity contribution in [2.75, 3.05) is 52.3 Å². The van der Waals surface area contributed by atoms with Crippen molar-refractivity contribution in [3.63, 3.8) is 0 Å². The maximum atomic E-state index is 5.81.